The van der Waals surface area contributed by atoms with Crippen molar-refractivity contribution in [2.45, 2.75) is 35.5 Å². The Morgan fingerprint density at radius 3 is 2.37 bits per heavy atom. The maximum absolute atomic E-state index is 11.8. The summed E-state index contributed by atoms with van der Waals surface area (Å²) < 4.78 is 23.6. The zero-order chi connectivity index (χ0) is 14.8. The fourth-order valence-electron chi connectivity index (χ4n) is 2.02. The van der Waals surface area contributed by atoms with Crippen LogP contribution in [0.25, 0.3) is 0 Å². The van der Waals surface area contributed by atoms with Crippen LogP contribution in [0.5, 0.6) is 0 Å². The van der Waals surface area contributed by atoms with Gasteiger partial charge in [-0.25, -0.2) is 8.42 Å². The van der Waals surface area contributed by atoms with Gasteiger partial charge < -0.3 is 5.11 Å². The van der Waals surface area contributed by atoms with Crippen LogP contribution in [0.3, 0.4) is 0 Å². The first-order chi connectivity index (χ1) is 8.59. The summed E-state index contributed by atoms with van der Waals surface area (Å²) >= 11 is 1.33. The van der Waals surface area contributed by atoms with E-state index in [1.807, 2.05) is 13.8 Å². The Balaban J connectivity index is 3.49. The van der Waals surface area contributed by atoms with E-state index >= 15 is 0 Å². The molecular weight excluding hydrogens is 284 g/mol. The molecule has 0 aliphatic heterocycles. The first-order valence-corrected chi connectivity index (χ1v) is 8.80. The van der Waals surface area contributed by atoms with Crippen molar-refractivity contribution < 1.29 is 18.3 Å². The minimum absolute atomic E-state index is 0.0478. The van der Waals surface area contributed by atoms with Gasteiger partial charge in [-0.05, 0) is 17.9 Å². The molecule has 0 unspecified atom stereocenters. The third kappa shape index (κ3) is 3.73. The quantitative estimate of drug-likeness (QED) is 0.846. The van der Waals surface area contributed by atoms with E-state index in [-0.39, 0.29) is 11.3 Å². The normalized spacial score (nSPS) is 12.4. The van der Waals surface area contributed by atoms with E-state index in [9.17, 15) is 13.2 Å². The van der Waals surface area contributed by atoms with Crippen LogP contribution in [-0.4, -0.2) is 32.0 Å². The molecule has 0 saturated heterocycles. The summed E-state index contributed by atoms with van der Waals surface area (Å²) in [6, 6.07) is 5.01. The molecule has 1 aromatic rings. The van der Waals surface area contributed by atoms with Crippen molar-refractivity contribution in [1.82, 2.24) is 0 Å². The monoisotopic (exact) mass is 302 g/mol. The fourth-order valence-corrected chi connectivity index (χ4v) is 4.33. The van der Waals surface area contributed by atoms with Gasteiger partial charge in [0.15, 0.2) is 9.84 Å². The predicted molar refractivity (Wildman–Crippen MR) is 76.6 cm³/mol. The largest absolute Gasteiger partial charge is 0.481 e. The third-order valence-electron chi connectivity index (χ3n) is 2.90. The Morgan fingerprint density at radius 1 is 1.37 bits per heavy atom. The molecule has 4 nitrogen and oxygen atoms in total. The Bertz CT molecular complexity index is 589. The average Bonchev–Trinajstić information content (AvgIpc) is 2.25. The molecule has 0 aliphatic carbocycles. The summed E-state index contributed by atoms with van der Waals surface area (Å²) in [5.74, 6) is -0.901. The van der Waals surface area contributed by atoms with E-state index in [0.29, 0.717) is 4.90 Å². The molecule has 0 radical (unpaired) electrons. The van der Waals surface area contributed by atoms with Crippen LogP contribution in [-0.2, 0) is 20.0 Å². The molecule has 0 saturated carbocycles. The molecule has 1 rings (SSSR count). The summed E-state index contributed by atoms with van der Waals surface area (Å²) in [7, 11) is -3.33. The lowest BCUT2D eigenvalue weighted by molar-refractivity contribution is -0.138. The average molecular weight is 302 g/mol. The van der Waals surface area contributed by atoms with Crippen LogP contribution in [0.15, 0.2) is 28.0 Å². The molecule has 0 atom stereocenters. The van der Waals surface area contributed by atoms with E-state index < -0.39 is 21.2 Å². The maximum Gasteiger partial charge on any atom is 0.304 e. The summed E-state index contributed by atoms with van der Waals surface area (Å²) in [4.78, 5) is 11.8. The predicted octanol–water partition coefficient (Wildman–Crippen LogP) is 2.56. The first-order valence-electron chi connectivity index (χ1n) is 5.69. The molecular formula is C13H18O4S2. The lowest BCUT2D eigenvalue weighted by Gasteiger charge is -2.26. The molecule has 6 heteroatoms. The van der Waals surface area contributed by atoms with Crippen molar-refractivity contribution in [3.63, 3.8) is 0 Å². The zero-order valence-corrected chi connectivity index (χ0v) is 13.1. The van der Waals surface area contributed by atoms with Crippen molar-refractivity contribution in [2.24, 2.45) is 0 Å². The highest BCUT2D eigenvalue weighted by Gasteiger charge is 2.29. The van der Waals surface area contributed by atoms with E-state index in [1.165, 1.54) is 11.8 Å². The van der Waals surface area contributed by atoms with Gasteiger partial charge in [-0.1, -0.05) is 26.0 Å². The Kier molecular flexibility index (Phi) is 4.68. The van der Waals surface area contributed by atoms with Crippen LogP contribution in [0.1, 0.15) is 25.8 Å². The van der Waals surface area contributed by atoms with Gasteiger partial charge in [0.1, 0.15) is 0 Å². The standard InChI is InChI=1S/C13H18O4S2/c1-13(2,8-11(14)15)9-6-5-7-10(12(9)18-3)19(4,16)17/h5-7H,8H2,1-4H3,(H,14,15). The summed E-state index contributed by atoms with van der Waals surface area (Å²) in [5, 5.41) is 8.98. The van der Waals surface area contributed by atoms with Gasteiger partial charge in [0.2, 0.25) is 0 Å². The van der Waals surface area contributed by atoms with Gasteiger partial charge in [-0.15, -0.1) is 11.8 Å². The lowest BCUT2D eigenvalue weighted by atomic mass is 9.81. The Labute approximate surface area is 118 Å². The number of rotatable bonds is 5. The smallest absolute Gasteiger partial charge is 0.304 e. The molecule has 0 amide bonds. The number of aliphatic carboxylic acids is 1. The van der Waals surface area contributed by atoms with Gasteiger partial charge in [-0.3, -0.25) is 4.79 Å². The second kappa shape index (κ2) is 5.54. The lowest BCUT2D eigenvalue weighted by Crippen LogP contribution is -2.23. The molecule has 0 fully saturated rings. The number of carboxylic acid groups (broad SMARTS) is 1. The van der Waals surface area contributed by atoms with Crippen molar-refractivity contribution in [1.29, 1.82) is 0 Å². The highest BCUT2D eigenvalue weighted by Crippen LogP contribution is 2.37. The van der Waals surface area contributed by atoms with E-state index in [0.717, 1.165) is 11.8 Å². The fraction of sp³-hybridized carbons (Fsp3) is 0.462. The van der Waals surface area contributed by atoms with E-state index in [4.69, 9.17) is 5.11 Å². The maximum atomic E-state index is 11.8. The topological polar surface area (TPSA) is 71.4 Å². The molecule has 0 heterocycles. The highest BCUT2D eigenvalue weighted by molar-refractivity contribution is 7.99. The third-order valence-corrected chi connectivity index (χ3v) is 5.02. The van der Waals surface area contributed by atoms with E-state index in [2.05, 4.69) is 0 Å². The van der Waals surface area contributed by atoms with Crippen molar-refractivity contribution in [3.8, 4) is 0 Å². The second-order valence-corrected chi connectivity index (χ2v) is 7.86. The SMILES string of the molecule is CSc1c(C(C)(C)CC(=O)O)cccc1S(C)(=O)=O. The minimum Gasteiger partial charge on any atom is -0.481 e. The number of benzene rings is 1. The molecule has 0 bridgehead atoms. The Morgan fingerprint density at radius 2 is 1.95 bits per heavy atom. The molecule has 106 valence electrons. The number of carbonyl (C=O) groups is 1. The molecule has 19 heavy (non-hydrogen) atoms. The number of hydrogen-bond acceptors (Lipinski definition) is 4. The van der Waals surface area contributed by atoms with Crippen LogP contribution >= 0.6 is 11.8 Å². The second-order valence-electron chi connectivity index (χ2n) is 5.06. The van der Waals surface area contributed by atoms with Crippen LogP contribution in [0.2, 0.25) is 0 Å². The molecule has 0 spiro atoms. The number of carboxylic acids is 1. The van der Waals surface area contributed by atoms with Crippen LogP contribution < -0.4 is 0 Å². The van der Waals surface area contributed by atoms with Crippen molar-refractivity contribution in [2.75, 3.05) is 12.5 Å². The minimum atomic E-state index is -3.33. The molecule has 1 N–H and O–H groups in total. The first kappa shape index (κ1) is 16.0. The van der Waals surface area contributed by atoms with Crippen LogP contribution in [0, 0.1) is 0 Å². The molecule has 1 aromatic carbocycles. The zero-order valence-electron chi connectivity index (χ0n) is 11.4. The van der Waals surface area contributed by atoms with E-state index in [1.54, 1.807) is 24.5 Å². The number of sulfone groups is 1. The van der Waals surface area contributed by atoms with Crippen LogP contribution in [0.4, 0.5) is 0 Å². The van der Waals surface area contributed by atoms with Gasteiger partial charge in [0.05, 0.1) is 11.3 Å². The summed E-state index contributed by atoms with van der Waals surface area (Å²) in [6.45, 7) is 3.62. The summed E-state index contributed by atoms with van der Waals surface area (Å²) in [6.07, 6.45) is 2.91. The summed E-state index contributed by atoms with van der Waals surface area (Å²) in [5.41, 5.74) is 0.135. The highest BCUT2D eigenvalue weighted by atomic mass is 32.2. The van der Waals surface area contributed by atoms with Crippen molar-refractivity contribution >= 4 is 27.6 Å². The van der Waals surface area contributed by atoms with Gasteiger partial charge in [0, 0.05) is 16.6 Å². The Hall–Kier alpha value is -1.01. The van der Waals surface area contributed by atoms with Crippen molar-refractivity contribution in [3.05, 3.63) is 23.8 Å². The van der Waals surface area contributed by atoms with Gasteiger partial charge in [0.25, 0.3) is 0 Å². The number of hydrogen-bond donors (Lipinski definition) is 1. The van der Waals surface area contributed by atoms with Gasteiger partial charge in [-0.2, -0.15) is 0 Å². The van der Waals surface area contributed by atoms with Gasteiger partial charge >= 0.3 is 5.97 Å². The molecule has 0 aliphatic rings. The number of thioether (sulfide) groups is 1. The molecule has 0 aromatic heterocycles.